The van der Waals surface area contributed by atoms with Gasteiger partial charge in [-0.05, 0) is 19.1 Å². The molecule has 0 radical (unpaired) electrons. The van der Waals surface area contributed by atoms with E-state index in [-0.39, 0.29) is 12.3 Å². The van der Waals surface area contributed by atoms with Crippen LogP contribution in [0.1, 0.15) is 23.0 Å². The van der Waals surface area contributed by atoms with Gasteiger partial charge in [0.2, 0.25) is 5.69 Å². The topological polar surface area (TPSA) is 65.2 Å². The molecule has 0 bridgehead atoms. The highest BCUT2D eigenvalue weighted by Crippen LogP contribution is 2.39. The molecule has 8 heteroatoms. The molecule has 2 aromatic heterocycles. The van der Waals surface area contributed by atoms with E-state index in [1.165, 1.54) is 25.3 Å². The highest BCUT2D eigenvalue weighted by molar-refractivity contribution is 5.90. The average Bonchev–Trinajstić information content (AvgIpc) is 2.84. The average molecular weight is 286 g/mol. The molecule has 0 saturated carbocycles. The van der Waals surface area contributed by atoms with Crippen LogP contribution in [0.5, 0.6) is 0 Å². The third-order valence-electron chi connectivity index (χ3n) is 2.34. The zero-order valence-corrected chi connectivity index (χ0v) is 10.3. The molecule has 2 rings (SSSR count). The lowest BCUT2D eigenvalue weighted by atomic mass is 10.1. The molecule has 5 nitrogen and oxygen atoms in total. The number of aromatic nitrogens is 2. The number of halogens is 3. The van der Waals surface area contributed by atoms with Crippen LogP contribution in [-0.2, 0) is 10.9 Å². The van der Waals surface area contributed by atoms with Gasteiger partial charge in [0, 0.05) is 6.20 Å². The lowest BCUT2D eigenvalue weighted by Gasteiger charge is -2.07. The van der Waals surface area contributed by atoms with Gasteiger partial charge in [0.25, 0.3) is 0 Å². The third-order valence-corrected chi connectivity index (χ3v) is 2.34. The summed E-state index contributed by atoms with van der Waals surface area (Å²) in [4.78, 5) is 15.2. The third kappa shape index (κ3) is 2.63. The Morgan fingerprint density at radius 1 is 1.40 bits per heavy atom. The van der Waals surface area contributed by atoms with E-state index in [2.05, 4.69) is 19.4 Å². The highest BCUT2D eigenvalue weighted by atomic mass is 19.4. The Morgan fingerprint density at radius 2 is 2.15 bits per heavy atom. The molecule has 0 fully saturated rings. The number of alkyl halides is 3. The molecule has 0 N–H and O–H groups in total. The molecule has 0 saturated heterocycles. The fourth-order valence-electron chi connectivity index (χ4n) is 1.56. The van der Waals surface area contributed by atoms with Gasteiger partial charge in [-0.25, -0.2) is 4.79 Å². The van der Waals surface area contributed by atoms with Gasteiger partial charge in [-0.15, -0.1) is 0 Å². The lowest BCUT2D eigenvalue weighted by molar-refractivity contribution is -0.137. The Hall–Kier alpha value is -2.38. The van der Waals surface area contributed by atoms with E-state index >= 15 is 0 Å². The molecule has 0 atom stereocenters. The molecule has 2 heterocycles. The summed E-state index contributed by atoms with van der Waals surface area (Å²) in [6.45, 7) is 1.41. The minimum absolute atomic E-state index is 0.0668. The second-order valence-corrected chi connectivity index (χ2v) is 3.67. The van der Waals surface area contributed by atoms with Gasteiger partial charge in [-0.3, -0.25) is 4.98 Å². The monoisotopic (exact) mass is 286 g/mol. The minimum atomic E-state index is -4.81. The second-order valence-electron chi connectivity index (χ2n) is 3.67. The fourth-order valence-corrected chi connectivity index (χ4v) is 1.56. The molecule has 0 aliphatic carbocycles. The smallest absolute Gasteiger partial charge is 0.422 e. The number of pyridine rings is 1. The van der Waals surface area contributed by atoms with E-state index in [1.54, 1.807) is 6.07 Å². The molecule has 20 heavy (non-hydrogen) atoms. The van der Waals surface area contributed by atoms with Gasteiger partial charge >= 0.3 is 12.1 Å². The number of hydrogen-bond acceptors (Lipinski definition) is 5. The standard InChI is InChI=1S/C12H9F3N2O3/c1-2-19-11(18)9-8(12(13,14)15)10(20-17-9)7-5-3-4-6-16-7/h3-6H,2H2,1H3. The van der Waals surface area contributed by atoms with Gasteiger partial charge < -0.3 is 9.26 Å². The van der Waals surface area contributed by atoms with Crippen molar-refractivity contribution in [3.8, 4) is 11.5 Å². The molecule has 0 aliphatic rings. The molecule has 0 spiro atoms. The number of nitrogens with zero attached hydrogens (tertiary/aromatic N) is 2. The molecule has 106 valence electrons. The maximum atomic E-state index is 13.1. The van der Waals surface area contributed by atoms with Gasteiger partial charge in [0.15, 0.2) is 5.76 Å². The maximum absolute atomic E-state index is 13.1. The van der Waals surface area contributed by atoms with Crippen molar-refractivity contribution in [2.75, 3.05) is 6.61 Å². The molecule has 0 amide bonds. The van der Waals surface area contributed by atoms with Crippen LogP contribution in [0.3, 0.4) is 0 Å². The van der Waals surface area contributed by atoms with Crippen LogP contribution in [0.25, 0.3) is 11.5 Å². The van der Waals surface area contributed by atoms with Crippen LogP contribution in [0.2, 0.25) is 0 Å². The van der Waals surface area contributed by atoms with Crippen molar-refractivity contribution < 1.29 is 27.2 Å². The van der Waals surface area contributed by atoms with Crippen LogP contribution in [-0.4, -0.2) is 22.7 Å². The molecule has 2 aromatic rings. The number of carbonyl (C=O) groups excluding carboxylic acids is 1. The van der Waals surface area contributed by atoms with E-state index in [9.17, 15) is 18.0 Å². The number of esters is 1. The summed E-state index contributed by atoms with van der Waals surface area (Å²) in [7, 11) is 0. The Balaban J connectivity index is 2.57. The molecule has 0 aliphatic heterocycles. The summed E-state index contributed by atoms with van der Waals surface area (Å²) in [6.07, 6.45) is -3.50. The molecular formula is C12H9F3N2O3. The Kier molecular flexibility index (Phi) is 3.73. The van der Waals surface area contributed by atoms with Crippen LogP contribution >= 0.6 is 0 Å². The van der Waals surface area contributed by atoms with Crippen molar-refractivity contribution >= 4 is 5.97 Å². The zero-order chi connectivity index (χ0) is 14.8. The summed E-state index contributed by atoms with van der Waals surface area (Å²) in [5.74, 6) is -1.80. The first-order valence-corrected chi connectivity index (χ1v) is 5.60. The van der Waals surface area contributed by atoms with Crippen molar-refractivity contribution in [1.82, 2.24) is 10.1 Å². The molecule has 0 unspecified atom stereocenters. The Labute approximate surface area is 111 Å². The Bertz CT molecular complexity index is 608. The van der Waals surface area contributed by atoms with E-state index in [0.717, 1.165) is 0 Å². The van der Waals surface area contributed by atoms with E-state index in [1.807, 2.05) is 0 Å². The number of ether oxygens (including phenoxy) is 1. The van der Waals surface area contributed by atoms with Crippen molar-refractivity contribution in [3.05, 3.63) is 35.7 Å². The lowest BCUT2D eigenvalue weighted by Crippen LogP contribution is -2.15. The normalized spacial score (nSPS) is 11.4. The van der Waals surface area contributed by atoms with Crippen LogP contribution in [0.4, 0.5) is 13.2 Å². The van der Waals surface area contributed by atoms with Crippen molar-refractivity contribution in [1.29, 1.82) is 0 Å². The summed E-state index contributed by atoms with van der Waals surface area (Å²) in [6, 6.07) is 4.36. The van der Waals surface area contributed by atoms with E-state index in [4.69, 9.17) is 0 Å². The van der Waals surface area contributed by atoms with Crippen molar-refractivity contribution in [3.63, 3.8) is 0 Å². The number of carbonyl (C=O) groups is 1. The first kappa shape index (κ1) is 14.0. The predicted molar refractivity (Wildman–Crippen MR) is 60.7 cm³/mol. The zero-order valence-electron chi connectivity index (χ0n) is 10.3. The SMILES string of the molecule is CCOC(=O)c1noc(-c2ccccn2)c1C(F)(F)F. The summed E-state index contributed by atoms with van der Waals surface area (Å²) < 4.78 is 48.5. The first-order valence-electron chi connectivity index (χ1n) is 5.60. The van der Waals surface area contributed by atoms with Crippen molar-refractivity contribution in [2.45, 2.75) is 13.1 Å². The van der Waals surface area contributed by atoms with Gasteiger partial charge in [-0.1, -0.05) is 11.2 Å². The second kappa shape index (κ2) is 5.32. The Morgan fingerprint density at radius 3 is 2.70 bits per heavy atom. The van der Waals surface area contributed by atoms with Crippen LogP contribution in [0.15, 0.2) is 28.9 Å². The fraction of sp³-hybridized carbons (Fsp3) is 0.250. The summed E-state index contributed by atoms with van der Waals surface area (Å²) in [5, 5.41) is 3.17. The molecular weight excluding hydrogens is 277 g/mol. The highest BCUT2D eigenvalue weighted by Gasteiger charge is 2.43. The summed E-state index contributed by atoms with van der Waals surface area (Å²) in [5.41, 5.74) is -2.25. The minimum Gasteiger partial charge on any atom is -0.461 e. The summed E-state index contributed by atoms with van der Waals surface area (Å²) >= 11 is 0. The van der Waals surface area contributed by atoms with Gasteiger partial charge in [0.05, 0.1) is 6.61 Å². The van der Waals surface area contributed by atoms with Crippen LogP contribution in [0, 0.1) is 0 Å². The molecule has 0 aromatic carbocycles. The van der Waals surface area contributed by atoms with Gasteiger partial charge in [-0.2, -0.15) is 13.2 Å². The quantitative estimate of drug-likeness (QED) is 0.812. The maximum Gasteiger partial charge on any atom is 0.422 e. The first-order chi connectivity index (χ1) is 9.45. The largest absolute Gasteiger partial charge is 0.461 e. The van der Waals surface area contributed by atoms with Crippen LogP contribution < -0.4 is 0 Å². The predicted octanol–water partition coefficient (Wildman–Crippen LogP) is 2.93. The number of hydrogen-bond donors (Lipinski definition) is 0. The van der Waals surface area contributed by atoms with Gasteiger partial charge in [0.1, 0.15) is 11.3 Å². The van der Waals surface area contributed by atoms with Crippen molar-refractivity contribution in [2.24, 2.45) is 0 Å². The van der Waals surface area contributed by atoms with E-state index < -0.39 is 29.2 Å². The van der Waals surface area contributed by atoms with E-state index in [0.29, 0.717) is 0 Å². The number of rotatable bonds is 3.